The molecule has 11 aromatic rings. The van der Waals surface area contributed by atoms with E-state index in [-0.39, 0.29) is 28.6 Å². The molecule has 0 aliphatic heterocycles. The molecule has 7 aromatic carbocycles. The molecule has 238 valence electrons. The highest BCUT2D eigenvalue weighted by atomic mass is 32.1. The highest BCUT2D eigenvalue weighted by molar-refractivity contribution is 7.26. The maximum atomic E-state index is 8.72. The van der Waals surface area contributed by atoms with Gasteiger partial charge in [-0.3, -0.25) is 0 Å². The number of benzene rings is 7. The normalized spacial score (nSPS) is 14.7. The van der Waals surface area contributed by atoms with Crippen LogP contribution < -0.4 is 0 Å². The minimum absolute atomic E-state index is 0.0138. The summed E-state index contributed by atoms with van der Waals surface area (Å²) in [7, 11) is 0. The van der Waals surface area contributed by atoms with Gasteiger partial charge < -0.3 is 8.98 Å². The Morgan fingerprint density at radius 2 is 1.16 bits per heavy atom. The zero-order valence-corrected chi connectivity index (χ0v) is 27.2. The molecule has 0 aliphatic carbocycles. The van der Waals surface area contributed by atoms with Gasteiger partial charge in [0, 0.05) is 70.2 Å². The SMILES string of the molecule is [2H]c1c([2H])c([2H])c(-c2nc(-c3c([2H])c([2H])c([2H])c([2H])c3[2H])nc(-c3cccc4c3sc3ccc5oc6cc(-n7c8ccccc8c8ccccc87)ccc6c5c34)n2)c([2H])c1[2H]. The molecule has 0 bridgehead atoms. The first kappa shape index (κ1) is 20.1. The van der Waals surface area contributed by atoms with Crippen molar-refractivity contribution in [3.8, 4) is 39.9 Å². The van der Waals surface area contributed by atoms with Crippen molar-refractivity contribution < 1.29 is 18.1 Å². The lowest BCUT2D eigenvalue weighted by Gasteiger charge is -2.09. The molecule has 51 heavy (non-hydrogen) atoms. The molecule has 4 heterocycles. The lowest BCUT2D eigenvalue weighted by Crippen LogP contribution is -2.00. The zero-order chi connectivity index (χ0) is 42.2. The van der Waals surface area contributed by atoms with Crippen molar-refractivity contribution in [3.05, 3.63) is 157 Å². The van der Waals surface area contributed by atoms with Crippen LogP contribution in [0.25, 0.3) is 104 Å². The Kier molecular flexibility index (Phi) is 4.32. The molecular formula is C45H26N4OS. The summed E-state index contributed by atoms with van der Waals surface area (Å²) in [6.07, 6.45) is 0. The van der Waals surface area contributed by atoms with E-state index >= 15 is 0 Å². The van der Waals surface area contributed by atoms with Crippen LogP contribution in [0.15, 0.2) is 162 Å². The molecule has 0 fully saturated rings. The average Bonchev–Trinajstić information content (AvgIpc) is 3.95. The van der Waals surface area contributed by atoms with E-state index in [1.54, 1.807) is 6.07 Å². The van der Waals surface area contributed by atoms with Gasteiger partial charge in [0.2, 0.25) is 0 Å². The summed E-state index contributed by atoms with van der Waals surface area (Å²) in [4.78, 5) is 13.8. The van der Waals surface area contributed by atoms with Gasteiger partial charge in [0.15, 0.2) is 17.5 Å². The van der Waals surface area contributed by atoms with E-state index in [1.807, 2.05) is 48.5 Å². The van der Waals surface area contributed by atoms with Crippen molar-refractivity contribution in [2.24, 2.45) is 0 Å². The van der Waals surface area contributed by atoms with E-state index in [4.69, 9.17) is 28.1 Å². The molecule has 0 aliphatic rings. The maximum Gasteiger partial charge on any atom is 0.165 e. The number of hydrogen-bond acceptors (Lipinski definition) is 5. The zero-order valence-electron chi connectivity index (χ0n) is 36.3. The molecule has 11 rings (SSSR count). The first-order valence-electron chi connectivity index (χ1n) is 21.1. The highest BCUT2D eigenvalue weighted by Gasteiger charge is 2.20. The van der Waals surface area contributed by atoms with Crippen molar-refractivity contribution in [2.75, 3.05) is 0 Å². The van der Waals surface area contributed by atoms with E-state index in [2.05, 4.69) is 52.0 Å². The Bertz CT molecular complexity index is 3550. The number of thiophene rings is 1. The molecule has 0 saturated carbocycles. The summed E-state index contributed by atoms with van der Waals surface area (Å²) in [6.45, 7) is 0. The minimum Gasteiger partial charge on any atom is -0.456 e. The van der Waals surface area contributed by atoms with Gasteiger partial charge in [-0.25, -0.2) is 15.0 Å². The number of fused-ring (bicyclic) bond motifs is 10. The van der Waals surface area contributed by atoms with Crippen molar-refractivity contribution in [2.45, 2.75) is 0 Å². The van der Waals surface area contributed by atoms with Gasteiger partial charge in [0.05, 0.1) is 24.7 Å². The van der Waals surface area contributed by atoms with Crippen LogP contribution in [0.1, 0.15) is 13.7 Å². The van der Waals surface area contributed by atoms with E-state index in [0.717, 1.165) is 58.4 Å². The van der Waals surface area contributed by atoms with Crippen molar-refractivity contribution in [1.29, 1.82) is 0 Å². The third kappa shape index (κ3) is 4.30. The molecule has 0 atom stereocenters. The predicted octanol–water partition coefficient (Wildman–Crippen LogP) is 12.2. The van der Waals surface area contributed by atoms with Gasteiger partial charge in [-0.1, -0.05) is 109 Å². The lowest BCUT2D eigenvalue weighted by atomic mass is 10.0. The summed E-state index contributed by atoms with van der Waals surface area (Å²) in [5.41, 5.74) is 4.38. The molecule has 0 unspecified atom stereocenters. The molecule has 0 saturated heterocycles. The number of aromatic nitrogens is 4. The minimum atomic E-state index is -0.604. The summed E-state index contributed by atoms with van der Waals surface area (Å²) in [5, 5.41) is 5.94. The van der Waals surface area contributed by atoms with Gasteiger partial charge in [-0.2, -0.15) is 0 Å². The molecule has 6 heteroatoms. The molecule has 0 spiro atoms. The van der Waals surface area contributed by atoms with E-state index in [1.165, 1.54) is 11.3 Å². The Morgan fingerprint density at radius 1 is 0.529 bits per heavy atom. The number of rotatable bonds is 4. The quantitative estimate of drug-likeness (QED) is 0.186. The third-order valence-corrected chi connectivity index (χ3v) is 10.4. The van der Waals surface area contributed by atoms with Gasteiger partial charge in [0.25, 0.3) is 0 Å². The number of furan rings is 1. The van der Waals surface area contributed by atoms with Crippen LogP contribution in [0.3, 0.4) is 0 Å². The summed E-state index contributed by atoms with van der Waals surface area (Å²) < 4.78 is 95.1. The van der Waals surface area contributed by atoms with Gasteiger partial charge in [-0.15, -0.1) is 11.3 Å². The number of nitrogens with zero attached hydrogens (tertiary/aromatic N) is 4. The van der Waals surface area contributed by atoms with Crippen LogP contribution in [0, 0.1) is 0 Å². The second-order valence-electron chi connectivity index (χ2n) is 12.1. The van der Waals surface area contributed by atoms with Crippen molar-refractivity contribution >= 4 is 75.3 Å². The smallest absolute Gasteiger partial charge is 0.165 e. The first-order chi connectivity index (χ1) is 29.4. The molecule has 4 aromatic heterocycles. The topological polar surface area (TPSA) is 56.7 Å². The van der Waals surface area contributed by atoms with Crippen LogP contribution in [-0.4, -0.2) is 19.5 Å². The Balaban J connectivity index is 1.15. The van der Waals surface area contributed by atoms with E-state index in [9.17, 15) is 0 Å². The fourth-order valence-electron chi connectivity index (χ4n) is 7.10. The fraction of sp³-hybridized carbons (Fsp3) is 0. The number of para-hydroxylation sites is 2. The summed E-state index contributed by atoms with van der Waals surface area (Å²) in [6, 6.07) is 26.6. The molecule has 0 radical (unpaired) electrons. The van der Waals surface area contributed by atoms with Crippen molar-refractivity contribution in [3.63, 3.8) is 0 Å². The van der Waals surface area contributed by atoms with Crippen LogP contribution in [-0.2, 0) is 0 Å². The lowest BCUT2D eigenvalue weighted by molar-refractivity contribution is 0.669. The highest BCUT2D eigenvalue weighted by Crippen LogP contribution is 2.45. The Morgan fingerprint density at radius 3 is 1.84 bits per heavy atom. The Labute approximate surface area is 309 Å². The van der Waals surface area contributed by atoms with Crippen LogP contribution in [0.4, 0.5) is 0 Å². The molecule has 5 nitrogen and oxygen atoms in total. The van der Waals surface area contributed by atoms with Gasteiger partial charge in [0.1, 0.15) is 11.2 Å². The fourth-order valence-corrected chi connectivity index (χ4v) is 8.32. The molecule has 0 amide bonds. The van der Waals surface area contributed by atoms with Gasteiger partial charge in [-0.05, 0) is 42.5 Å². The summed E-state index contributed by atoms with van der Waals surface area (Å²) in [5.74, 6) is -0.617. The third-order valence-electron chi connectivity index (χ3n) is 9.24. The second kappa shape index (κ2) is 10.9. The van der Waals surface area contributed by atoms with Crippen LogP contribution in [0.2, 0.25) is 0 Å². The maximum absolute atomic E-state index is 8.72. The number of hydrogen-bond donors (Lipinski definition) is 0. The monoisotopic (exact) mass is 680 g/mol. The second-order valence-corrected chi connectivity index (χ2v) is 13.1. The van der Waals surface area contributed by atoms with Gasteiger partial charge >= 0.3 is 0 Å². The molecule has 0 N–H and O–H groups in total. The predicted molar refractivity (Wildman–Crippen MR) is 211 cm³/mol. The molecular weight excluding hydrogens is 645 g/mol. The summed E-state index contributed by atoms with van der Waals surface area (Å²) >= 11 is 1.48. The van der Waals surface area contributed by atoms with Crippen LogP contribution >= 0.6 is 11.3 Å². The van der Waals surface area contributed by atoms with Crippen molar-refractivity contribution in [1.82, 2.24) is 19.5 Å². The first-order valence-corrected chi connectivity index (χ1v) is 16.9. The van der Waals surface area contributed by atoms with E-state index in [0.29, 0.717) is 16.7 Å². The van der Waals surface area contributed by atoms with Crippen LogP contribution in [0.5, 0.6) is 0 Å². The standard InChI is InChI=1S/C45H26N4OS/c1-3-12-27(13-4-1)43-46-44(28-14-5-2-6-15-28)48-45(47-43)34-19-11-18-33-41-39(51-42(33)34)25-24-37-40(41)32-23-22-29(26-38(32)50-37)49-35-20-9-7-16-30(35)31-17-8-10-21-36(31)49/h1-26H/i1D,2D,3D,4D,5D,6D,12D,13D,14D,15D. The largest absolute Gasteiger partial charge is 0.456 e. The Hall–Kier alpha value is -6.63. The van der Waals surface area contributed by atoms with E-state index < -0.39 is 60.4 Å². The average molecular weight is 681 g/mol.